The third-order valence-electron chi connectivity index (χ3n) is 6.94. The normalized spacial score (nSPS) is 11.6. The van der Waals surface area contributed by atoms with Crippen LogP contribution in [0.4, 0.5) is 4.39 Å². The van der Waals surface area contributed by atoms with Gasteiger partial charge in [0.05, 0.1) is 17.1 Å². The van der Waals surface area contributed by atoms with E-state index < -0.39 is 0 Å². The molecule has 2 heterocycles. The lowest BCUT2D eigenvalue weighted by Crippen LogP contribution is -2.20. The molecule has 7 rings (SSSR count). The summed E-state index contributed by atoms with van der Waals surface area (Å²) in [6, 6.07) is 34.5. The number of fused-ring (bicyclic) bond motifs is 3. The van der Waals surface area contributed by atoms with Gasteiger partial charge in [0.2, 0.25) is 5.82 Å². The van der Waals surface area contributed by atoms with E-state index in [1.165, 1.54) is 16.8 Å². The van der Waals surface area contributed by atoms with Crippen LogP contribution >= 0.6 is 0 Å². The molecule has 0 amide bonds. The Morgan fingerprint density at radius 2 is 1.56 bits per heavy atom. The van der Waals surface area contributed by atoms with E-state index in [4.69, 9.17) is 14.1 Å². The minimum atomic E-state index is -0.323. The molecule has 0 spiro atoms. The second-order valence-corrected chi connectivity index (χ2v) is 9.58. The summed E-state index contributed by atoms with van der Waals surface area (Å²) >= 11 is 0. The molecule has 5 aromatic carbocycles. The van der Waals surface area contributed by atoms with Crippen molar-refractivity contribution >= 4 is 38.9 Å². The van der Waals surface area contributed by atoms with E-state index in [9.17, 15) is 9.18 Å². The standard InChI is InChI=1S/C34H22FN3O3/c35-25-16-13-22(14-17-25)21-40-31-18-15-23-7-1-3-9-26(23)28(31)20-36-38-33(32-19-24-8-2-6-12-30(24)41-32)37-29-11-5-4-10-27(29)34(38)39/h1-20H,21H2. The predicted octanol–water partition coefficient (Wildman–Crippen LogP) is 7.56. The highest BCUT2D eigenvalue weighted by Gasteiger charge is 2.17. The Bertz CT molecular complexity index is 2110. The number of rotatable bonds is 6. The van der Waals surface area contributed by atoms with Gasteiger partial charge in [-0.3, -0.25) is 4.79 Å². The molecule has 0 saturated heterocycles. The van der Waals surface area contributed by atoms with Crippen LogP contribution in [0.25, 0.3) is 44.2 Å². The van der Waals surface area contributed by atoms with E-state index in [0.29, 0.717) is 33.6 Å². The van der Waals surface area contributed by atoms with Crippen LogP contribution in [-0.2, 0) is 6.61 Å². The van der Waals surface area contributed by atoms with Crippen LogP contribution in [0.3, 0.4) is 0 Å². The monoisotopic (exact) mass is 539 g/mol. The molecule has 7 heteroatoms. The summed E-state index contributed by atoms with van der Waals surface area (Å²) in [6.45, 7) is 0.237. The smallest absolute Gasteiger partial charge is 0.282 e. The lowest BCUT2D eigenvalue weighted by Gasteiger charge is -2.12. The topological polar surface area (TPSA) is 69.6 Å². The lowest BCUT2D eigenvalue weighted by molar-refractivity contribution is 0.306. The molecule has 0 aliphatic rings. The van der Waals surface area contributed by atoms with Gasteiger partial charge >= 0.3 is 0 Å². The first-order valence-corrected chi connectivity index (χ1v) is 13.1. The molecule has 0 saturated carbocycles. The molecule has 7 aromatic rings. The highest BCUT2D eigenvalue weighted by molar-refractivity contribution is 6.02. The van der Waals surface area contributed by atoms with Gasteiger partial charge in [-0.2, -0.15) is 9.78 Å². The van der Waals surface area contributed by atoms with Crippen LogP contribution in [0.1, 0.15) is 11.1 Å². The van der Waals surface area contributed by atoms with Crippen molar-refractivity contribution < 1.29 is 13.5 Å². The zero-order chi connectivity index (χ0) is 27.8. The fourth-order valence-corrected chi connectivity index (χ4v) is 4.87. The van der Waals surface area contributed by atoms with Gasteiger partial charge in [0, 0.05) is 10.9 Å². The Kier molecular flexibility index (Phi) is 6.09. The highest BCUT2D eigenvalue weighted by Crippen LogP contribution is 2.29. The Labute approximate surface area is 233 Å². The maximum atomic E-state index is 13.8. The number of ether oxygens (including phenoxy) is 1. The van der Waals surface area contributed by atoms with Gasteiger partial charge in [-0.15, -0.1) is 0 Å². The van der Waals surface area contributed by atoms with Crippen molar-refractivity contribution in [3.63, 3.8) is 0 Å². The number of hydrogen-bond donors (Lipinski definition) is 0. The van der Waals surface area contributed by atoms with Gasteiger partial charge in [-0.05, 0) is 58.8 Å². The number of furan rings is 1. The molecule has 0 bridgehead atoms. The molecule has 0 fully saturated rings. The average molecular weight is 540 g/mol. The average Bonchev–Trinajstić information content (AvgIpc) is 3.45. The van der Waals surface area contributed by atoms with Crippen LogP contribution in [0.5, 0.6) is 5.75 Å². The number of halogens is 1. The zero-order valence-electron chi connectivity index (χ0n) is 21.7. The quantitative estimate of drug-likeness (QED) is 0.205. The highest BCUT2D eigenvalue weighted by atomic mass is 19.1. The van der Waals surface area contributed by atoms with E-state index >= 15 is 0 Å². The van der Waals surface area contributed by atoms with Gasteiger partial charge < -0.3 is 9.15 Å². The minimum absolute atomic E-state index is 0.237. The van der Waals surface area contributed by atoms with E-state index in [1.54, 1.807) is 36.5 Å². The maximum absolute atomic E-state index is 13.8. The number of benzene rings is 5. The molecule has 0 unspecified atom stereocenters. The number of para-hydroxylation sites is 2. The molecule has 6 nitrogen and oxygen atoms in total. The molecular formula is C34H22FN3O3. The molecule has 0 aliphatic heterocycles. The molecule has 198 valence electrons. The lowest BCUT2D eigenvalue weighted by atomic mass is 10.0. The van der Waals surface area contributed by atoms with Crippen LogP contribution in [-0.4, -0.2) is 15.9 Å². The van der Waals surface area contributed by atoms with Crippen LogP contribution in [0.2, 0.25) is 0 Å². The van der Waals surface area contributed by atoms with E-state index in [-0.39, 0.29) is 23.8 Å². The summed E-state index contributed by atoms with van der Waals surface area (Å²) in [7, 11) is 0. The Balaban J connectivity index is 1.38. The van der Waals surface area contributed by atoms with Crippen molar-refractivity contribution in [1.29, 1.82) is 0 Å². The first-order chi connectivity index (χ1) is 20.1. The van der Waals surface area contributed by atoms with Crippen molar-refractivity contribution in [2.75, 3.05) is 0 Å². The van der Waals surface area contributed by atoms with Gasteiger partial charge in [-0.25, -0.2) is 9.37 Å². The first-order valence-electron chi connectivity index (χ1n) is 13.1. The Morgan fingerprint density at radius 3 is 2.39 bits per heavy atom. The number of aromatic nitrogens is 2. The van der Waals surface area contributed by atoms with E-state index in [1.807, 2.05) is 72.8 Å². The first kappa shape index (κ1) is 24.5. The van der Waals surface area contributed by atoms with Crippen molar-refractivity contribution in [2.45, 2.75) is 6.61 Å². The molecule has 0 N–H and O–H groups in total. The summed E-state index contributed by atoms with van der Waals surface area (Å²) in [4.78, 5) is 18.5. The van der Waals surface area contributed by atoms with Gasteiger partial charge in [0.25, 0.3) is 5.56 Å². The van der Waals surface area contributed by atoms with Gasteiger partial charge in [0.1, 0.15) is 23.8 Å². The van der Waals surface area contributed by atoms with Crippen molar-refractivity contribution in [3.05, 3.63) is 143 Å². The molecule has 0 atom stereocenters. The van der Waals surface area contributed by atoms with Crippen LogP contribution < -0.4 is 10.3 Å². The SMILES string of the molecule is O=c1c2ccccc2nc(-c2cc3ccccc3o2)n1N=Cc1c(OCc2ccc(F)cc2)ccc2ccccc12. The summed E-state index contributed by atoms with van der Waals surface area (Å²) in [5.74, 6) is 0.984. The minimum Gasteiger partial charge on any atom is -0.488 e. The van der Waals surface area contributed by atoms with Crippen molar-refractivity contribution in [3.8, 4) is 17.3 Å². The van der Waals surface area contributed by atoms with Crippen molar-refractivity contribution in [2.24, 2.45) is 5.10 Å². The Hall–Kier alpha value is -5.56. The van der Waals surface area contributed by atoms with E-state index in [2.05, 4.69) is 5.10 Å². The maximum Gasteiger partial charge on any atom is 0.282 e. The van der Waals surface area contributed by atoms with Crippen LogP contribution in [0.15, 0.2) is 130 Å². The fraction of sp³-hybridized carbons (Fsp3) is 0.0294. The summed E-state index contributed by atoms with van der Waals surface area (Å²) < 4.78 is 26.9. The third kappa shape index (κ3) is 4.63. The third-order valence-corrected chi connectivity index (χ3v) is 6.94. The molecule has 2 aromatic heterocycles. The fourth-order valence-electron chi connectivity index (χ4n) is 4.87. The number of nitrogens with zero attached hydrogens (tertiary/aromatic N) is 3. The molecular weight excluding hydrogens is 517 g/mol. The molecule has 0 radical (unpaired) electrons. The van der Waals surface area contributed by atoms with Gasteiger partial charge in [-0.1, -0.05) is 72.8 Å². The Morgan fingerprint density at radius 1 is 0.829 bits per heavy atom. The van der Waals surface area contributed by atoms with Crippen molar-refractivity contribution in [1.82, 2.24) is 9.66 Å². The number of hydrogen-bond acceptors (Lipinski definition) is 5. The zero-order valence-corrected chi connectivity index (χ0v) is 21.7. The summed E-state index contributed by atoms with van der Waals surface area (Å²) in [6.07, 6.45) is 1.62. The summed E-state index contributed by atoms with van der Waals surface area (Å²) in [5.41, 5.74) is 2.43. The largest absolute Gasteiger partial charge is 0.488 e. The summed E-state index contributed by atoms with van der Waals surface area (Å²) in [5, 5.41) is 7.90. The van der Waals surface area contributed by atoms with Gasteiger partial charge in [0.15, 0.2) is 5.76 Å². The second kappa shape index (κ2) is 10.2. The van der Waals surface area contributed by atoms with Crippen LogP contribution in [0, 0.1) is 5.82 Å². The second-order valence-electron chi connectivity index (χ2n) is 9.58. The van der Waals surface area contributed by atoms with E-state index in [0.717, 1.165) is 21.7 Å². The predicted molar refractivity (Wildman–Crippen MR) is 159 cm³/mol. The molecule has 0 aliphatic carbocycles. The molecule has 41 heavy (non-hydrogen) atoms.